The van der Waals surface area contributed by atoms with Crippen LogP contribution < -0.4 is 10.1 Å². The number of hydrogen-bond donors (Lipinski definition) is 1. The largest absolute Gasteiger partial charge is 0.484 e. The number of nitrogens with zero attached hydrogens (tertiary/aromatic N) is 1. The topological polar surface area (TPSA) is 62.1 Å². The summed E-state index contributed by atoms with van der Waals surface area (Å²) < 4.78 is 5.45. The van der Waals surface area contributed by atoms with Crippen LogP contribution in [0.3, 0.4) is 0 Å². The lowest BCUT2D eigenvalue weighted by atomic mass is 9.78. The molecule has 0 saturated heterocycles. The van der Waals surface area contributed by atoms with Gasteiger partial charge in [-0.15, -0.1) is 0 Å². The first-order valence-corrected chi connectivity index (χ1v) is 7.52. The fourth-order valence-corrected chi connectivity index (χ4v) is 2.84. The standard InChI is InChI=1S/C17H22N2O2/c1-12-5-3-8-16(13(12)2)19-17(20)11-21-15-7-4-6-14(9-15)10-18/h4,6-7,9,12-13,16H,3,5,8,11H2,1-2H3,(H,19,20). The van der Waals surface area contributed by atoms with Crippen LogP contribution in [-0.2, 0) is 4.79 Å². The summed E-state index contributed by atoms with van der Waals surface area (Å²) in [6, 6.07) is 9.14. The number of hydrogen-bond acceptors (Lipinski definition) is 3. The molecule has 0 aliphatic heterocycles. The number of nitriles is 1. The lowest BCUT2D eigenvalue weighted by molar-refractivity contribution is -0.124. The monoisotopic (exact) mass is 286 g/mol. The number of carbonyl (C=O) groups is 1. The summed E-state index contributed by atoms with van der Waals surface area (Å²) in [5, 5.41) is 11.9. The lowest BCUT2D eigenvalue weighted by Crippen LogP contribution is -2.45. The summed E-state index contributed by atoms with van der Waals surface area (Å²) in [6.45, 7) is 4.44. The lowest BCUT2D eigenvalue weighted by Gasteiger charge is -2.34. The summed E-state index contributed by atoms with van der Waals surface area (Å²) >= 11 is 0. The van der Waals surface area contributed by atoms with Crippen LogP contribution in [0.5, 0.6) is 5.75 Å². The molecule has 1 aliphatic rings. The SMILES string of the molecule is CC1CCCC(NC(=O)COc2cccc(C#N)c2)C1C. The molecule has 21 heavy (non-hydrogen) atoms. The van der Waals surface area contributed by atoms with E-state index in [4.69, 9.17) is 10.00 Å². The molecule has 3 unspecified atom stereocenters. The van der Waals surface area contributed by atoms with Crippen molar-refractivity contribution in [3.63, 3.8) is 0 Å². The van der Waals surface area contributed by atoms with Crippen molar-refractivity contribution in [2.24, 2.45) is 11.8 Å². The highest BCUT2D eigenvalue weighted by molar-refractivity contribution is 5.77. The molecule has 112 valence electrons. The third-order valence-corrected chi connectivity index (χ3v) is 4.39. The molecule has 1 aliphatic carbocycles. The molecule has 1 fully saturated rings. The second kappa shape index (κ2) is 7.12. The number of carbonyl (C=O) groups excluding carboxylic acids is 1. The van der Waals surface area contributed by atoms with Crippen molar-refractivity contribution in [2.75, 3.05) is 6.61 Å². The van der Waals surface area contributed by atoms with Crippen molar-refractivity contribution < 1.29 is 9.53 Å². The van der Waals surface area contributed by atoms with Crippen molar-refractivity contribution >= 4 is 5.91 Å². The van der Waals surface area contributed by atoms with E-state index in [0.29, 0.717) is 23.1 Å². The normalized spacial score (nSPS) is 24.9. The fraction of sp³-hybridized carbons (Fsp3) is 0.529. The molecule has 0 aromatic heterocycles. The summed E-state index contributed by atoms with van der Waals surface area (Å²) in [5.41, 5.74) is 0.530. The molecular weight excluding hydrogens is 264 g/mol. The van der Waals surface area contributed by atoms with Crippen LogP contribution in [-0.4, -0.2) is 18.6 Å². The Labute approximate surface area is 126 Å². The molecule has 1 N–H and O–H groups in total. The third kappa shape index (κ3) is 4.22. The van der Waals surface area contributed by atoms with Crippen LogP contribution in [0, 0.1) is 23.2 Å². The van der Waals surface area contributed by atoms with E-state index in [1.165, 1.54) is 12.8 Å². The van der Waals surface area contributed by atoms with E-state index in [0.717, 1.165) is 6.42 Å². The highest BCUT2D eigenvalue weighted by Gasteiger charge is 2.28. The van der Waals surface area contributed by atoms with Crippen LogP contribution in [0.2, 0.25) is 0 Å². The molecule has 0 heterocycles. The molecule has 4 nitrogen and oxygen atoms in total. The quantitative estimate of drug-likeness (QED) is 0.925. The zero-order valence-electron chi connectivity index (χ0n) is 12.6. The van der Waals surface area contributed by atoms with Gasteiger partial charge in [0.25, 0.3) is 5.91 Å². The maximum absolute atomic E-state index is 12.0. The smallest absolute Gasteiger partial charge is 0.258 e. The van der Waals surface area contributed by atoms with Gasteiger partial charge in [-0.1, -0.05) is 32.8 Å². The number of amides is 1. The summed E-state index contributed by atoms with van der Waals surface area (Å²) in [4.78, 5) is 12.0. The number of nitrogens with one attached hydrogen (secondary N) is 1. The fourth-order valence-electron chi connectivity index (χ4n) is 2.84. The molecule has 0 bridgehead atoms. The summed E-state index contributed by atoms with van der Waals surface area (Å²) in [5.74, 6) is 1.61. The Kier molecular flexibility index (Phi) is 5.21. The van der Waals surface area contributed by atoms with Crippen LogP contribution >= 0.6 is 0 Å². The molecule has 1 amide bonds. The number of benzene rings is 1. The van der Waals surface area contributed by atoms with Crippen molar-refractivity contribution in [2.45, 2.75) is 39.2 Å². The highest BCUT2D eigenvalue weighted by atomic mass is 16.5. The van der Waals surface area contributed by atoms with Crippen LogP contribution in [0.15, 0.2) is 24.3 Å². The Morgan fingerprint density at radius 3 is 3.00 bits per heavy atom. The summed E-state index contributed by atoms with van der Waals surface area (Å²) in [7, 11) is 0. The van der Waals surface area contributed by atoms with Gasteiger partial charge in [0.15, 0.2) is 6.61 Å². The molecule has 4 heteroatoms. The molecule has 1 aromatic rings. The van der Waals surface area contributed by atoms with Crippen molar-refractivity contribution in [3.8, 4) is 11.8 Å². The second-order valence-corrected chi connectivity index (χ2v) is 5.87. The number of ether oxygens (including phenoxy) is 1. The van der Waals surface area contributed by atoms with E-state index < -0.39 is 0 Å². The molecule has 2 rings (SSSR count). The first-order valence-electron chi connectivity index (χ1n) is 7.52. The minimum Gasteiger partial charge on any atom is -0.484 e. The Balaban J connectivity index is 1.83. The van der Waals surface area contributed by atoms with Gasteiger partial charge in [-0.3, -0.25) is 4.79 Å². The molecule has 0 spiro atoms. The van der Waals surface area contributed by atoms with Crippen molar-refractivity contribution in [1.82, 2.24) is 5.32 Å². The van der Waals surface area contributed by atoms with Gasteiger partial charge in [-0.25, -0.2) is 0 Å². The van der Waals surface area contributed by atoms with Crippen molar-refractivity contribution in [3.05, 3.63) is 29.8 Å². The van der Waals surface area contributed by atoms with Gasteiger partial charge in [0.1, 0.15) is 5.75 Å². The van der Waals surface area contributed by atoms with Crippen LogP contribution in [0.1, 0.15) is 38.7 Å². The molecule has 3 atom stereocenters. The van der Waals surface area contributed by atoms with Gasteiger partial charge < -0.3 is 10.1 Å². The average Bonchev–Trinajstić information content (AvgIpc) is 2.50. The van der Waals surface area contributed by atoms with Gasteiger partial charge in [-0.05, 0) is 36.5 Å². The van der Waals surface area contributed by atoms with Crippen LogP contribution in [0.4, 0.5) is 0 Å². The predicted octanol–water partition coefficient (Wildman–Crippen LogP) is 2.88. The third-order valence-electron chi connectivity index (χ3n) is 4.39. The van der Waals surface area contributed by atoms with Gasteiger partial charge in [0.05, 0.1) is 11.6 Å². The van der Waals surface area contributed by atoms with E-state index in [9.17, 15) is 4.79 Å². The Morgan fingerprint density at radius 1 is 1.43 bits per heavy atom. The zero-order valence-corrected chi connectivity index (χ0v) is 12.6. The van der Waals surface area contributed by atoms with Gasteiger partial charge in [-0.2, -0.15) is 5.26 Å². The zero-order chi connectivity index (χ0) is 15.2. The minimum atomic E-state index is -0.0942. The number of rotatable bonds is 4. The first-order chi connectivity index (χ1) is 10.1. The molecule has 1 saturated carbocycles. The Morgan fingerprint density at radius 2 is 2.24 bits per heavy atom. The highest BCUT2D eigenvalue weighted by Crippen LogP contribution is 2.29. The maximum atomic E-state index is 12.0. The van der Waals surface area contributed by atoms with Crippen LogP contribution in [0.25, 0.3) is 0 Å². The van der Waals surface area contributed by atoms with E-state index in [2.05, 4.69) is 25.2 Å². The maximum Gasteiger partial charge on any atom is 0.258 e. The van der Waals surface area contributed by atoms with E-state index in [-0.39, 0.29) is 18.6 Å². The van der Waals surface area contributed by atoms with Gasteiger partial charge >= 0.3 is 0 Å². The minimum absolute atomic E-state index is 0.00746. The molecule has 1 aromatic carbocycles. The van der Waals surface area contributed by atoms with E-state index in [1.54, 1.807) is 24.3 Å². The molecule has 0 radical (unpaired) electrons. The molecular formula is C17H22N2O2. The average molecular weight is 286 g/mol. The van der Waals surface area contributed by atoms with Crippen molar-refractivity contribution in [1.29, 1.82) is 5.26 Å². The van der Waals surface area contributed by atoms with Gasteiger partial charge in [0.2, 0.25) is 0 Å². The second-order valence-electron chi connectivity index (χ2n) is 5.87. The Bertz CT molecular complexity index is 536. The summed E-state index contributed by atoms with van der Waals surface area (Å²) in [6.07, 6.45) is 3.45. The predicted molar refractivity (Wildman–Crippen MR) is 80.8 cm³/mol. The van der Waals surface area contributed by atoms with Gasteiger partial charge in [0, 0.05) is 6.04 Å². The Hall–Kier alpha value is -2.02. The first kappa shape index (κ1) is 15.4. The van der Waals surface area contributed by atoms with E-state index in [1.807, 2.05) is 0 Å². The van der Waals surface area contributed by atoms with E-state index >= 15 is 0 Å².